The summed E-state index contributed by atoms with van der Waals surface area (Å²) in [5, 5.41) is 8.80. The Balaban J connectivity index is 2.49. The predicted octanol–water partition coefficient (Wildman–Crippen LogP) is 6.30. The Labute approximate surface area is 190 Å². The first-order valence-corrected chi connectivity index (χ1v) is 11.3. The molecule has 1 unspecified atom stereocenters. The molecule has 0 aliphatic rings. The fourth-order valence-electron chi connectivity index (χ4n) is 2.35. The van der Waals surface area contributed by atoms with Gasteiger partial charge < -0.3 is 16.0 Å². The molecule has 0 heterocycles. The second-order valence-electron chi connectivity index (χ2n) is 6.14. The van der Waals surface area contributed by atoms with Gasteiger partial charge in [0.2, 0.25) is 9.70 Å². The Bertz CT molecular complexity index is 614. The Hall–Kier alpha value is -0.270. The zero-order valence-corrected chi connectivity index (χ0v) is 19.8. The summed E-state index contributed by atoms with van der Waals surface area (Å²) in [6, 6.07) is 7.47. The number of hydrogen-bond acceptors (Lipinski definition) is 2. The molecule has 0 radical (unpaired) electrons. The Morgan fingerprint density at radius 3 is 2.37 bits per heavy atom. The fraction of sp³-hybridized carbons (Fsp3) is 0.556. The first kappa shape index (κ1) is 24.8. The third-order valence-electron chi connectivity index (χ3n) is 3.79. The number of rotatable bonds is 10. The van der Waals surface area contributed by atoms with Crippen LogP contribution in [0, 0.1) is 0 Å². The molecule has 1 aromatic rings. The van der Waals surface area contributed by atoms with E-state index in [0.717, 1.165) is 29.4 Å². The van der Waals surface area contributed by atoms with Gasteiger partial charge in [-0.25, -0.2) is 0 Å². The first-order valence-electron chi connectivity index (χ1n) is 8.92. The zero-order chi connectivity index (χ0) is 20.3. The topological polar surface area (TPSA) is 53.2 Å². The zero-order valence-electron chi connectivity index (χ0n) is 15.2. The van der Waals surface area contributed by atoms with Crippen LogP contribution in [0.5, 0.6) is 0 Å². The number of alkyl halides is 3. The van der Waals surface area contributed by atoms with Crippen LogP contribution < -0.4 is 16.0 Å². The lowest BCUT2D eigenvalue weighted by Crippen LogP contribution is -2.56. The molecule has 1 atom stereocenters. The maximum Gasteiger partial charge on any atom is 0.228 e. The monoisotopic (exact) mass is 515 g/mol. The standard InChI is InChI=1S/C18H25BrCl3N3OS/c1-2-3-4-5-6-7-12-15(26)24-16(18(20,21)22)25-17(27)23-14-11-9-8-10-13(14)19/h8-11,16H,2-7,12H2,1H3,(H,24,26)(H2,23,25,27). The molecule has 9 heteroatoms. The van der Waals surface area contributed by atoms with E-state index in [0.29, 0.717) is 6.42 Å². The molecular formula is C18H25BrCl3N3OS. The van der Waals surface area contributed by atoms with Crippen LogP contribution in [0.25, 0.3) is 0 Å². The Kier molecular flexibility index (Phi) is 12.0. The number of hydrogen-bond donors (Lipinski definition) is 3. The van der Waals surface area contributed by atoms with E-state index in [1.807, 2.05) is 24.3 Å². The minimum absolute atomic E-state index is 0.182. The van der Waals surface area contributed by atoms with E-state index in [1.165, 1.54) is 19.3 Å². The lowest BCUT2D eigenvalue weighted by molar-refractivity contribution is -0.122. The summed E-state index contributed by atoms with van der Waals surface area (Å²) in [4.78, 5) is 12.2. The van der Waals surface area contributed by atoms with Crippen molar-refractivity contribution in [2.24, 2.45) is 0 Å². The van der Waals surface area contributed by atoms with Crippen LogP contribution in [0.2, 0.25) is 0 Å². The number of thiocarbonyl (C=S) groups is 1. The molecule has 0 fully saturated rings. The molecule has 27 heavy (non-hydrogen) atoms. The summed E-state index contributed by atoms with van der Waals surface area (Å²) in [7, 11) is 0. The van der Waals surface area contributed by atoms with Crippen molar-refractivity contribution < 1.29 is 4.79 Å². The van der Waals surface area contributed by atoms with E-state index < -0.39 is 9.96 Å². The summed E-state index contributed by atoms with van der Waals surface area (Å²) in [6.07, 6.45) is 6.02. The van der Waals surface area contributed by atoms with Crippen LogP contribution in [0.3, 0.4) is 0 Å². The molecule has 1 amide bonds. The molecule has 3 N–H and O–H groups in total. The van der Waals surface area contributed by atoms with Gasteiger partial charge in [0.1, 0.15) is 6.17 Å². The SMILES string of the molecule is CCCCCCCCC(=O)NC(NC(=S)Nc1ccccc1Br)C(Cl)(Cl)Cl. The third-order valence-corrected chi connectivity index (χ3v) is 5.35. The number of amides is 1. The van der Waals surface area contributed by atoms with Crippen molar-refractivity contribution >= 4 is 79.7 Å². The van der Waals surface area contributed by atoms with Gasteiger partial charge in [-0.1, -0.05) is 86.0 Å². The van der Waals surface area contributed by atoms with Gasteiger partial charge in [0.05, 0.1) is 5.69 Å². The highest BCUT2D eigenvalue weighted by molar-refractivity contribution is 9.10. The van der Waals surface area contributed by atoms with E-state index in [9.17, 15) is 4.79 Å². The Morgan fingerprint density at radius 2 is 1.74 bits per heavy atom. The average Bonchev–Trinajstić information content (AvgIpc) is 2.58. The number of benzene rings is 1. The van der Waals surface area contributed by atoms with Gasteiger partial charge in [0.25, 0.3) is 0 Å². The molecule has 0 aliphatic heterocycles. The quantitative estimate of drug-likeness (QED) is 0.148. The molecule has 0 bridgehead atoms. The van der Waals surface area contributed by atoms with Crippen molar-refractivity contribution in [2.45, 2.75) is 61.8 Å². The lowest BCUT2D eigenvalue weighted by Gasteiger charge is -2.28. The maximum atomic E-state index is 12.2. The van der Waals surface area contributed by atoms with Crippen LogP contribution >= 0.6 is 63.0 Å². The van der Waals surface area contributed by atoms with E-state index in [2.05, 4.69) is 38.8 Å². The van der Waals surface area contributed by atoms with Crippen molar-refractivity contribution in [1.29, 1.82) is 0 Å². The summed E-state index contributed by atoms with van der Waals surface area (Å²) < 4.78 is -0.914. The van der Waals surface area contributed by atoms with Crippen LogP contribution in [-0.4, -0.2) is 21.0 Å². The molecule has 0 aromatic heterocycles. The molecule has 0 aliphatic carbocycles. The van der Waals surface area contributed by atoms with Crippen LogP contribution in [0.4, 0.5) is 5.69 Å². The normalized spacial score (nSPS) is 12.3. The summed E-state index contributed by atoms with van der Waals surface area (Å²) >= 11 is 26.7. The fourth-order valence-corrected chi connectivity index (χ4v) is 3.29. The minimum Gasteiger partial charge on any atom is -0.339 e. The van der Waals surface area contributed by atoms with Crippen LogP contribution in [-0.2, 0) is 4.79 Å². The van der Waals surface area contributed by atoms with Crippen molar-refractivity contribution in [2.75, 3.05) is 5.32 Å². The van der Waals surface area contributed by atoms with Gasteiger partial charge in [0.15, 0.2) is 5.11 Å². The largest absolute Gasteiger partial charge is 0.339 e. The first-order chi connectivity index (χ1) is 12.7. The lowest BCUT2D eigenvalue weighted by atomic mass is 10.1. The summed E-state index contributed by atoms with van der Waals surface area (Å²) in [5.41, 5.74) is 0.761. The number of carbonyl (C=O) groups is 1. The number of halogens is 4. The van der Waals surface area contributed by atoms with Crippen molar-refractivity contribution in [3.63, 3.8) is 0 Å². The smallest absolute Gasteiger partial charge is 0.228 e. The highest BCUT2D eigenvalue weighted by Crippen LogP contribution is 2.29. The summed E-state index contributed by atoms with van der Waals surface area (Å²) in [5.74, 6) is -0.182. The second kappa shape index (κ2) is 13.0. The number of carbonyl (C=O) groups excluding carboxylic acids is 1. The van der Waals surface area contributed by atoms with Gasteiger partial charge in [-0.05, 0) is 46.7 Å². The highest BCUT2D eigenvalue weighted by atomic mass is 79.9. The average molecular weight is 518 g/mol. The second-order valence-corrected chi connectivity index (χ2v) is 9.77. The van der Waals surface area contributed by atoms with Crippen molar-refractivity contribution in [3.8, 4) is 0 Å². The number of unbranched alkanes of at least 4 members (excludes halogenated alkanes) is 5. The van der Waals surface area contributed by atoms with Crippen LogP contribution in [0.1, 0.15) is 51.9 Å². The van der Waals surface area contributed by atoms with Gasteiger partial charge in [-0.2, -0.15) is 0 Å². The highest BCUT2D eigenvalue weighted by Gasteiger charge is 2.34. The van der Waals surface area contributed by atoms with Gasteiger partial charge in [-0.15, -0.1) is 0 Å². The van der Waals surface area contributed by atoms with E-state index >= 15 is 0 Å². The van der Waals surface area contributed by atoms with Gasteiger partial charge >= 0.3 is 0 Å². The van der Waals surface area contributed by atoms with Crippen molar-refractivity contribution in [1.82, 2.24) is 10.6 Å². The van der Waals surface area contributed by atoms with Gasteiger partial charge in [0, 0.05) is 10.9 Å². The third kappa shape index (κ3) is 10.7. The molecule has 0 saturated carbocycles. The number of anilines is 1. The molecular weight excluding hydrogens is 493 g/mol. The van der Waals surface area contributed by atoms with Gasteiger partial charge in [-0.3, -0.25) is 4.79 Å². The van der Waals surface area contributed by atoms with E-state index in [1.54, 1.807) is 0 Å². The van der Waals surface area contributed by atoms with Crippen molar-refractivity contribution in [3.05, 3.63) is 28.7 Å². The molecule has 1 rings (SSSR count). The molecule has 0 saturated heterocycles. The molecule has 0 spiro atoms. The molecule has 4 nitrogen and oxygen atoms in total. The van der Waals surface area contributed by atoms with E-state index in [-0.39, 0.29) is 11.0 Å². The van der Waals surface area contributed by atoms with E-state index in [4.69, 9.17) is 47.0 Å². The predicted molar refractivity (Wildman–Crippen MR) is 124 cm³/mol. The summed E-state index contributed by atoms with van der Waals surface area (Å²) in [6.45, 7) is 2.17. The molecule has 152 valence electrons. The number of nitrogens with one attached hydrogen (secondary N) is 3. The molecule has 1 aromatic carbocycles. The number of para-hydroxylation sites is 1. The minimum atomic E-state index is -1.75. The van der Waals surface area contributed by atoms with Crippen LogP contribution in [0.15, 0.2) is 28.7 Å². The maximum absolute atomic E-state index is 12.2. The Morgan fingerprint density at radius 1 is 1.11 bits per heavy atom.